The highest BCUT2D eigenvalue weighted by Crippen LogP contribution is 2.49. The Bertz CT molecular complexity index is 521. The smallest absolute Gasteiger partial charge is 0.287 e. The van der Waals surface area contributed by atoms with Crippen molar-refractivity contribution >= 4 is 21.6 Å². The van der Waals surface area contributed by atoms with Crippen LogP contribution < -0.4 is 4.74 Å². The van der Waals surface area contributed by atoms with Gasteiger partial charge in [-0.2, -0.15) is 5.26 Å². The fourth-order valence-corrected chi connectivity index (χ4v) is 2.22. The van der Waals surface area contributed by atoms with E-state index in [4.69, 9.17) is 10.00 Å². The molecule has 0 radical (unpaired) electrons. The molecule has 0 heterocycles. The first-order valence-corrected chi connectivity index (χ1v) is 6.30. The normalized spacial score (nSPS) is 15.8. The Hall–Kier alpha value is -1.61. The number of hydrogen-bond acceptors (Lipinski definition) is 4. The predicted octanol–water partition coefficient (Wildman–Crippen LogP) is 3.43. The topological polar surface area (TPSA) is 76.2 Å². The second-order valence-corrected chi connectivity index (χ2v) is 5.26. The molecule has 0 N–H and O–H groups in total. The molecule has 1 aliphatic rings. The zero-order valence-electron chi connectivity index (χ0n) is 9.56. The summed E-state index contributed by atoms with van der Waals surface area (Å²) in [6.45, 7) is 0.431. The molecule has 0 atom stereocenters. The highest BCUT2D eigenvalue weighted by atomic mass is 79.9. The summed E-state index contributed by atoms with van der Waals surface area (Å²) in [5.74, 6) is 0.452. The van der Waals surface area contributed by atoms with E-state index in [0.29, 0.717) is 23.2 Å². The average molecular weight is 311 g/mol. The summed E-state index contributed by atoms with van der Waals surface area (Å²) in [6, 6.07) is 6.83. The van der Waals surface area contributed by atoms with E-state index >= 15 is 0 Å². The van der Waals surface area contributed by atoms with Crippen molar-refractivity contribution in [3.8, 4) is 11.8 Å². The van der Waals surface area contributed by atoms with Gasteiger partial charge in [-0.15, -0.1) is 0 Å². The van der Waals surface area contributed by atoms with Crippen LogP contribution in [0.1, 0.15) is 19.3 Å². The molecule has 0 aromatic heterocycles. The van der Waals surface area contributed by atoms with E-state index in [9.17, 15) is 10.1 Å². The summed E-state index contributed by atoms with van der Waals surface area (Å²) in [7, 11) is 0. The van der Waals surface area contributed by atoms with Gasteiger partial charge in [-0.25, -0.2) is 0 Å². The van der Waals surface area contributed by atoms with Gasteiger partial charge >= 0.3 is 0 Å². The molecule has 0 spiro atoms. The third-order valence-electron chi connectivity index (χ3n) is 3.08. The maximum absolute atomic E-state index is 10.8. The number of nitro groups is 1. The van der Waals surface area contributed by atoms with Crippen molar-refractivity contribution in [1.82, 2.24) is 0 Å². The van der Waals surface area contributed by atoms with Crippen LogP contribution in [-0.2, 0) is 0 Å². The standard InChI is InChI=1S/C12H11BrN2O3/c13-11-9(15(16)17)2-1-3-10(11)18-8-12(4-5-12)6-7-14/h1-3H,4-6,8H2. The van der Waals surface area contributed by atoms with Gasteiger partial charge in [0.2, 0.25) is 0 Å². The molecule has 0 bridgehead atoms. The molecule has 1 saturated carbocycles. The molecule has 1 aliphatic carbocycles. The van der Waals surface area contributed by atoms with Gasteiger partial charge in [-0.3, -0.25) is 10.1 Å². The lowest BCUT2D eigenvalue weighted by atomic mass is 10.1. The minimum absolute atomic E-state index is 0.0161. The monoisotopic (exact) mass is 310 g/mol. The predicted molar refractivity (Wildman–Crippen MR) is 68.2 cm³/mol. The average Bonchev–Trinajstić information content (AvgIpc) is 3.08. The van der Waals surface area contributed by atoms with Gasteiger partial charge in [0.15, 0.2) is 0 Å². The summed E-state index contributed by atoms with van der Waals surface area (Å²) in [6.07, 6.45) is 2.43. The number of benzene rings is 1. The number of hydrogen-bond donors (Lipinski definition) is 0. The summed E-state index contributed by atoms with van der Waals surface area (Å²) in [4.78, 5) is 10.3. The van der Waals surface area contributed by atoms with E-state index in [1.54, 1.807) is 12.1 Å². The van der Waals surface area contributed by atoms with E-state index in [1.807, 2.05) is 0 Å². The van der Waals surface area contributed by atoms with Crippen molar-refractivity contribution in [2.24, 2.45) is 5.41 Å². The zero-order chi connectivity index (χ0) is 13.2. The Morgan fingerprint density at radius 3 is 2.83 bits per heavy atom. The number of halogens is 1. The van der Waals surface area contributed by atoms with E-state index < -0.39 is 4.92 Å². The Balaban J connectivity index is 2.09. The molecule has 0 unspecified atom stereocenters. The lowest BCUT2D eigenvalue weighted by molar-refractivity contribution is -0.385. The highest BCUT2D eigenvalue weighted by molar-refractivity contribution is 9.10. The van der Waals surface area contributed by atoms with Crippen molar-refractivity contribution < 1.29 is 9.66 Å². The lowest BCUT2D eigenvalue weighted by Gasteiger charge is -2.13. The quantitative estimate of drug-likeness (QED) is 0.616. The van der Waals surface area contributed by atoms with Crippen molar-refractivity contribution in [2.75, 3.05) is 6.61 Å². The Kier molecular flexibility index (Phi) is 3.53. The number of nitriles is 1. The number of rotatable bonds is 5. The second kappa shape index (κ2) is 4.94. The molecular weight excluding hydrogens is 300 g/mol. The molecule has 18 heavy (non-hydrogen) atoms. The van der Waals surface area contributed by atoms with Gasteiger partial charge in [0, 0.05) is 17.9 Å². The molecule has 0 amide bonds. The van der Waals surface area contributed by atoms with Gasteiger partial charge in [-0.1, -0.05) is 6.07 Å². The minimum Gasteiger partial charge on any atom is -0.492 e. The lowest BCUT2D eigenvalue weighted by Crippen LogP contribution is -2.12. The van der Waals surface area contributed by atoms with Crippen LogP contribution in [0.5, 0.6) is 5.75 Å². The van der Waals surface area contributed by atoms with Crippen molar-refractivity contribution in [3.05, 3.63) is 32.8 Å². The SMILES string of the molecule is N#CCC1(COc2cccc([N+](=O)[O-])c2Br)CC1. The van der Waals surface area contributed by atoms with Crippen LogP contribution in [0.3, 0.4) is 0 Å². The maximum Gasteiger partial charge on any atom is 0.287 e. The molecule has 0 saturated heterocycles. The largest absolute Gasteiger partial charge is 0.492 e. The Labute approximate surface area is 113 Å². The first-order valence-electron chi connectivity index (χ1n) is 5.51. The summed E-state index contributed by atoms with van der Waals surface area (Å²) < 4.78 is 5.95. The summed E-state index contributed by atoms with van der Waals surface area (Å²) in [5, 5.41) is 19.5. The van der Waals surface area contributed by atoms with Crippen LogP contribution >= 0.6 is 15.9 Å². The molecular formula is C12H11BrN2O3. The fraction of sp³-hybridized carbons (Fsp3) is 0.417. The van der Waals surface area contributed by atoms with Crippen LogP contribution in [-0.4, -0.2) is 11.5 Å². The fourth-order valence-electron chi connectivity index (χ4n) is 1.70. The third kappa shape index (κ3) is 2.62. The minimum atomic E-state index is -0.459. The first kappa shape index (κ1) is 12.8. The highest BCUT2D eigenvalue weighted by Gasteiger charge is 2.43. The number of nitro benzene ring substituents is 1. The number of ether oxygens (including phenoxy) is 1. The molecule has 6 heteroatoms. The third-order valence-corrected chi connectivity index (χ3v) is 3.88. The van der Waals surface area contributed by atoms with E-state index in [-0.39, 0.29) is 11.1 Å². The summed E-state index contributed by atoms with van der Waals surface area (Å²) >= 11 is 3.18. The van der Waals surface area contributed by atoms with Crippen LogP contribution in [0.25, 0.3) is 0 Å². The van der Waals surface area contributed by atoms with Crippen molar-refractivity contribution in [2.45, 2.75) is 19.3 Å². The summed E-state index contributed by atoms with van der Waals surface area (Å²) in [5.41, 5.74) is -0.0589. The zero-order valence-corrected chi connectivity index (χ0v) is 11.1. The van der Waals surface area contributed by atoms with E-state index in [2.05, 4.69) is 22.0 Å². The molecule has 94 valence electrons. The van der Waals surface area contributed by atoms with Crippen LogP contribution in [0, 0.1) is 26.9 Å². The first-order chi connectivity index (χ1) is 8.58. The van der Waals surface area contributed by atoms with Crippen LogP contribution in [0.15, 0.2) is 22.7 Å². The van der Waals surface area contributed by atoms with Crippen LogP contribution in [0.2, 0.25) is 0 Å². The van der Waals surface area contributed by atoms with Crippen molar-refractivity contribution in [3.63, 3.8) is 0 Å². The van der Waals surface area contributed by atoms with Gasteiger partial charge in [0.25, 0.3) is 5.69 Å². The Morgan fingerprint density at radius 2 is 2.28 bits per heavy atom. The van der Waals surface area contributed by atoms with Crippen molar-refractivity contribution in [1.29, 1.82) is 5.26 Å². The van der Waals surface area contributed by atoms with Gasteiger partial charge in [0.05, 0.1) is 17.6 Å². The van der Waals surface area contributed by atoms with Crippen LogP contribution in [0.4, 0.5) is 5.69 Å². The van der Waals surface area contributed by atoms with E-state index in [1.165, 1.54) is 6.07 Å². The van der Waals surface area contributed by atoms with Gasteiger partial charge < -0.3 is 4.74 Å². The molecule has 1 fully saturated rings. The number of nitrogens with zero attached hydrogens (tertiary/aromatic N) is 2. The molecule has 1 aromatic carbocycles. The molecule has 2 rings (SSSR count). The van der Waals surface area contributed by atoms with Gasteiger partial charge in [0.1, 0.15) is 10.2 Å². The molecule has 0 aliphatic heterocycles. The maximum atomic E-state index is 10.8. The molecule has 1 aromatic rings. The molecule has 5 nitrogen and oxygen atoms in total. The van der Waals surface area contributed by atoms with Gasteiger partial charge in [-0.05, 0) is 34.8 Å². The Morgan fingerprint density at radius 1 is 1.56 bits per heavy atom. The van der Waals surface area contributed by atoms with E-state index in [0.717, 1.165) is 12.8 Å². The second-order valence-electron chi connectivity index (χ2n) is 4.47.